The van der Waals surface area contributed by atoms with Gasteiger partial charge in [-0.2, -0.15) is 0 Å². The van der Waals surface area contributed by atoms with Crippen LogP contribution in [0.25, 0.3) is 0 Å². The molecular formula is C22H37IN4O. The maximum atomic E-state index is 5.56. The van der Waals surface area contributed by atoms with Crippen molar-refractivity contribution in [2.75, 3.05) is 57.9 Å². The lowest BCUT2D eigenvalue weighted by molar-refractivity contribution is 0.128. The Morgan fingerprint density at radius 3 is 2.50 bits per heavy atom. The summed E-state index contributed by atoms with van der Waals surface area (Å²) in [4.78, 5) is 9.46. The van der Waals surface area contributed by atoms with Crippen molar-refractivity contribution < 1.29 is 4.74 Å². The number of ether oxygens (including phenoxy) is 1. The molecule has 1 heterocycles. The summed E-state index contributed by atoms with van der Waals surface area (Å²) in [6.45, 7) is 13.3. The molecule has 0 amide bonds. The van der Waals surface area contributed by atoms with Crippen LogP contribution in [0.15, 0.2) is 23.2 Å². The molecule has 1 aliphatic heterocycles. The number of halogens is 1. The first kappa shape index (κ1) is 23.3. The molecule has 2 aliphatic rings. The van der Waals surface area contributed by atoms with E-state index in [1.165, 1.54) is 29.7 Å². The number of rotatable bonds is 7. The van der Waals surface area contributed by atoms with Gasteiger partial charge in [0.15, 0.2) is 5.96 Å². The largest absolute Gasteiger partial charge is 0.382 e. The van der Waals surface area contributed by atoms with Crippen LogP contribution in [0.2, 0.25) is 0 Å². The number of hydrogen-bond donors (Lipinski definition) is 1. The van der Waals surface area contributed by atoms with E-state index in [2.05, 4.69) is 59.1 Å². The van der Waals surface area contributed by atoms with Gasteiger partial charge < -0.3 is 19.9 Å². The minimum atomic E-state index is 0. The zero-order valence-corrected chi connectivity index (χ0v) is 20.3. The third-order valence-electron chi connectivity index (χ3n) is 6.27. The van der Waals surface area contributed by atoms with Crippen molar-refractivity contribution in [2.45, 2.75) is 40.0 Å². The van der Waals surface area contributed by atoms with E-state index in [9.17, 15) is 0 Å². The van der Waals surface area contributed by atoms with E-state index in [1.54, 1.807) is 0 Å². The highest BCUT2D eigenvalue weighted by Crippen LogP contribution is 2.48. The van der Waals surface area contributed by atoms with Crippen LogP contribution in [0.4, 0.5) is 5.69 Å². The fourth-order valence-corrected chi connectivity index (χ4v) is 3.96. The van der Waals surface area contributed by atoms with Gasteiger partial charge in [0.1, 0.15) is 0 Å². The standard InChI is InChI=1S/C22H36N4O.HI/c1-5-27-16-11-22(9-10-22)17-24-21(23-4)26-14-12-25(13-15-26)20-8-6-7-18(2)19(20)3;/h6-8H,5,9-17H2,1-4H3,(H,23,24);1H. The van der Waals surface area contributed by atoms with E-state index in [0.29, 0.717) is 5.41 Å². The molecule has 0 unspecified atom stereocenters. The van der Waals surface area contributed by atoms with Crippen LogP contribution in [-0.4, -0.2) is 63.8 Å². The molecule has 0 aromatic heterocycles. The van der Waals surface area contributed by atoms with Crippen LogP contribution in [0.5, 0.6) is 0 Å². The average molecular weight is 500 g/mol. The lowest BCUT2D eigenvalue weighted by Crippen LogP contribution is -2.53. The second-order valence-electron chi connectivity index (χ2n) is 8.04. The molecule has 3 rings (SSSR count). The molecule has 158 valence electrons. The monoisotopic (exact) mass is 500 g/mol. The summed E-state index contributed by atoms with van der Waals surface area (Å²) < 4.78 is 5.56. The highest BCUT2D eigenvalue weighted by atomic mass is 127. The molecule has 0 bridgehead atoms. The van der Waals surface area contributed by atoms with Crippen molar-refractivity contribution in [3.05, 3.63) is 29.3 Å². The minimum absolute atomic E-state index is 0. The highest BCUT2D eigenvalue weighted by molar-refractivity contribution is 14.0. The van der Waals surface area contributed by atoms with E-state index < -0.39 is 0 Å². The Morgan fingerprint density at radius 2 is 1.89 bits per heavy atom. The molecule has 0 spiro atoms. The molecule has 1 N–H and O–H groups in total. The number of nitrogens with zero attached hydrogens (tertiary/aromatic N) is 3. The molecular weight excluding hydrogens is 463 g/mol. The molecule has 5 nitrogen and oxygen atoms in total. The Morgan fingerprint density at radius 1 is 1.18 bits per heavy atom. The Labute approximate surface area is 187 Å². The maximum Gasteiger partial charge on any atom is 0.193 e. The van der Waals surface area contributed by atoms with Gasteiger partial charge in [0.05, 0.1) is 0 Å². The fraction of sp³-hybridized carbons (Fsp3) is 0.682. The summed E-state index contributed by atoms with van der Waals surface area (Å²) in [6.07, 6.45) is 3.78. The fourth-order valence-electron chi connectivity index (χ4n) is 3.96. The number of anilines is 1. The number of nitrogens with one attached hydrogen (secondary N) is 1. The van der Waals surface area contributed by atoms with Gasteiger partial charge in [-0.1, -0.05) is 12.1 Å². The zero-order valence-electron chi connectivity index (χ0n) is 18.0. The van der Waals surface area contributed by atoms with Gasteiger partial charge in [-0.05, 0) is 62.6 Å². The van der Waals surface area contributed by atoms with Crippen LogP contribution in [0.1, 0.15) is 37.3 Å². The molecule has 1 saturated heterocycles. The van der Waals surface area contributed by atoms with Crippen molar-refractivity contribution >= 4 is 35.6 Å². The number of benzene rings is 1. The summed E-state index contributed by atoms with van der Waals surface area (Å²) in [5.41, 5.74) is 4.59. The van der Waals surface area contributed by atoms with Crippen molar-refractivity contribution in [3.8, 4) is 0 Å². The molecule has 2 fully saturated rings. The first-order valence-corrected chi connectivity index (χ1v) is 10.4. The van der Waals surface area contributed by atoms with E-state index in [-0.39, 0.29) is 24.0 Å². The first-order valence-electron chi connectivity index (χ1n) is 10.4. The van der Waals surface area contributed by atoms with Crippen LogP contribution in [-0.2, 0) is 4.74 Å². The SMILES string of the molecule is CCOCCC1(CNC(=NC)N2CCN(c3cccc(C)c3C)CC2)CC1.I. The number of piperazine rings is 1. The Hall–Kier alpha value is -1.02. The van der Waals surface area contributed by atoms with Crippen molar-refractivity contribution in [2.24, 2.45) is 10.4 Å². The average Bonchev–Trinajstić information content (AvgIpc) is 3.45. The van der Waals surface area contributed by atoms with Gasteiger partial charge in [-0.3, -0.25) is 4.99 Å². The predicted molar refractivity (Wildman–Crippen MR) is 129 cm³/mol. The number of guanidine groups is 1. The molecule has 1 aromatic carbocycles. The normalized spacial score (nSPS) is 18.6. The summed E-state index contributed by atoms with van der Waals surface area (Å²) >= 11 is 0. The molecule has 28 heavy (non-hydrogen) atoms. The summed E-state index contributed by atoms with van der Waals surface area (Å²) in [5, 5.41) is 3.65. The number of aryl methyl sites for hydroxylation is 1. The maximum absolute atomic E-state index is 5.56. The second-order valence-corrected chi connectivity index (χ2v) is 8.04. The van der Waals surface area contributed by atoms with Crippen LogP contribution < -0.4 is 10.2 Å². The second kappa shape index (κ2) is 10.7. The molecule has 6 heteroatoms. The minimum Gasteiger partial charge on any atom is -0.382 e. The lowest BCUT2D eigenvalue weighted by Gasteiger charge is -2.38. The van der Waals surface area contributed by atoms with E-state index in [1.807, 2.05) is 7.05 Å². The van der Waals surface area contributed by atoms with Crippen LogP contribution in [0.3, 0.4) is 0 Å². The van der Waals surface area contributed by atoms with E-state index >= 15 is 0 Å². The smallest absolute Gasteiger partial charge is 0.193 e. The molecule has 0 radical (unpaired) electrons. The number of aliphatic imine (C=N–C) groups is 1. The summed E-state index contributed by atoms with van der Waals surface area (Å²) in [6, 6.07) is 6.61. The zero-order chi connectivity index (χ0) is 19.3. The van der Waals surface area contributed by atoms with Gasteiger partial charge in [0.25, 0.3) is 0 Å². The van der Waals surface area contributed by atoms with Crippen LogP contribution in [0, 0.1) is 19.3 Å². The summed E-state index contributed by atoms with van der Waals surface area (Å²) in [5.74, 6) is 1.05. The first-order chi connectivity index (χ1) is 13.1. The van der Waals surface area contributed by atoms with Gasteiger partial charge in [0.2, 0.25) is 0 Å². The molecule has 1 aliphatic carbocycles. The Bertz CT molecular complexity index is 652. The Kier molecular flexibility index (Phi) is 8.86. The van der Waals surface area contributed by atoms with Crippen molar-refractivity contribution in [1.29, 1.82) is 0 Å². The van der Waals surface area contributed by atoms with Crippen molar-refractivity contribution in [1.82, 2.24) is 10.2 Å². The van der Waals surface area contributed by atoms with E-state index in [0.717, 1.165) is 58.3 Å². The Balaban J connectivity index is 0.00000280. The third-order valence-corrected chi connectivity index (χ3v) is 6.27. The quantitative estimate of drug-likeness (QED) is 0.268. The van der Waals surface area contributed by atoms with Gasteiger partial charge in [-0.25, -0.2) is 0 Å². The molecule has 1 aromatic rings. The molecule has 1 saturated carbocycles. The van der Waals surface area contributed by atoms with Gasteiger partial charge in [-0.15, -0.1) is 24.0 Å². The predicted octanol–water partition coefficient (Wildman–Crippen LogP) is 3.83. The topological polar surface area (TPSA) is 40.1 Å². The van der Waals surface area contributed by atoms with Crippen LogP contribution >= 0.6 is 24.0 Å². The van der Waals surface area contributed by atoms with Gasteiger partial charge >= 0.3 is 0 Å². The third kappa shape index (κ3) is 5.75. The highest BCUT2D eigenvalue weighted by Gasteiger charge is 2.42. The summed E-state index contributed by atoms with van der Waals surface area (Å²) in [7, 11) is 1.90. The van der Waals surface area contributed by atoms with E-state index in [4.69, 9.17) is 4.74 Å². The molecule has 0 atom stereocenters. The lowest BCUT2D eigenvalue weighted by atomic mass is 10.0. The number of hydrogen-bond acceptors (Lipinski definition) is 3. The van der Waals surface area contributed by atoms with Gasteiger partial charge in [0, 0.05) is 58.7 Å². The van der Waals surface area contributed by atoms with Crippen molar-refractivity contribution in [3.63, 3.8) is 0 Å².